The summed E-state index contributed by atoms with van der Waals surface area (Å²) in [6, 6.07) is 5.17. The van der Waals surface area contributed by atoms with E-state index >= 15 is 0 Å². The Labute approximate surface area is 127 Å². The van der Waals surface area contributed by atoms with E-state index in [0.717, 1.165) is 12.0 Å². The molecule has 0 radical (unpaired) electrons. The Morgan fingerprint density at radius 1 is 1.29 bits per heavy atom. The second kappa shape index (κ2) is 7.88. The first-order valence-corrected chi connectivity index (χ1v) is 7.16. The first-order valence-electron chi connectivity index (χ1n) is 7.16. The van der Waals surface area contributed by atoms with Crippen molar-refractivity contribution in [3.05, 3.63) is 23.8 Å². The van der Waals surface area contributed by atoms with Crippen LogP contribution in [0.3, 0.4) is 0 Å². The van der Waals surface area contributed by atoms with Gasteiger partial charge in [-0.05, 0) is 23.6 Å². The molecule has 5 heteroatoms. The fourth-order valence-electron chi connectivity index (χ4n) is 2.08. The lowest BCUT2D eigenvalue weighted by Crippen LogP contribution is -2.45. The average Bonchev–Trinajstić information content (AvgIpc) is 2.52. The fraction of sp³-hybridized carbons (Fsp3) is 0.562. The topological polar surface area (TPSA) is 64.8 Å². The molecule has 1 aromatic rings. The fourth-order valence-corrected chi connectivity index (χ4v) is 2.08. The molecule has 0 saturated carbocycles. The zero-order valence-corrected chi connectivity index (χ0v) is 13.6. The third-order valence-electron chi connectivity index (χ3n) is 3.79. The second-order valence-electron chi connectivity index (χ2n) is 5.29. The number of carbonyl (C=O) groups excluding carboxylic acids is 1. The molecule has 2 atom stereocenters. The summed E-state index contributed by atoms with van der Waals surface area (Å²) in [6.45, 7) is 4.52. The number of hydrogen-bond acceptors (Lipinski definition) is 4. The summed E-state index contributed by atoms with van der Waals surface area (Å²) in [6.07, 6.45) is 0.886. The molecule has 0 aromatic heterocycles. The summed E-state index contributed by atoms with van der Waals surface area (Å²) in [5, 5.41) is 0. The first-order chi connectivity index (χ1) is 9.94. The number of benzene rings is 1. The standard InChI is InChI=1S/C16H26N2O3/c1-6-11(2)15(17)16(19)18(3)10-12-7-8-13(20-4)14(9-12)21-5/h7-9,11,15H,6,10,17H2,1-5H3. The Morgan fingerprint density at radius 3 is 2.43 bits per heavy atom. The van der Waals surface area contributed by atoms with Gasteiger partial charge in [0.25, 0.3) is 0 Å². The molecule has 0 aliphatic carbocycles. The lowest BCUT2D eigenvalue weighted by molar-refractivity contribution is -0.132. The van der Waals surface area contributed by atoms with Gasteiger partial charge in [-0.3, -0.25) is 4.79 Å². The van der Waals surface area contributed by atoms with Gasteiger partial charge in [0.2, 0.25) is 5.91 Å². The number of nitrogens with zero attached hydrogens (tertiary/aromatic N) is 1. The van der Waals surface area contributed by atoms with Crippen LogP contribution in [0.5, 0.6) is 11.5 Å². The number of rotatable bonds is 7. The van der Waals surface area contributed by atoms with Crippen molar-refractivity contribution >= 4 is 5.91 Å². The molecule has 0 fully saturated rings. The number of ether oxygens (including phenoxy) is 2. The van der Waals surface area contributed by atoms with E-state index in [4.69, 9.17) is 15.2 Å². The number of likely N-dealkylation sites (N-methyl/N-ethyl adjacent to an activating group) is 1. The van der Waals surface area contributed by atoms with Crippen molar-refractivity contribution in [3.8, 4) is 11.5 Å². The third kappa shape index (κ3) is 4.36. The second-order valence-corrected chi connectivity index (χ2v) is 5.29. The highest BCUT2D eigenvalue weighted by molar-refractivity contribution is 5.81. The molecule has 0 bridgehead atoms. The van der Waals surface area contributed by atoms with Gasteiger partial charge in [0, 0.05) is 13.6 Å². The highest BCUT2D eigenvalue weighted by Crippen LogP contribution is 2.28. The minimum Gasteiger partial charge on any atom is -0.493 e. The largest absolute Gasteiger partial charge is 0.493 e. The van der Waals surface area contributed by atoms with Crippen LogP contribution in [0.2, 0.25) is 0 Å². The molecule has 5 nitrogen and oxygen atoms in total. The first kappa shape index (κ1) is 17.3. The maximum Gasteiger partial charge on any atom is 0.239 e. The monoisotopic (exact) mass is 294 g/mol. The van der Waals surface area contributed by atoms with Crippen LogP contribution in [0.25, 0.3) is 0 Å². The van der Waals surface area contributed by atoms with Crippen LogP contribution in [-0.2, 0) is 11.3 Å². The van der Waals surface area contributed by atoms with Crippen LogP contribution in [0.1, 0.15) is 25.8 Å². The van der Waals surface area contributed by atoms with Crippen molar-refractivity contribution in [1.82, 2.24) is 4.90 Å². The lowest BCUT2D eigenvalue weighted by atomic mass is 9.99. The van der Waals surface area contributed by atoms with Gasteiger partial charge in [0.15, 0.2) is 11.5 Å². The summed E-state index contributed by atoms with van der Waals surface area (Å²) in [4.78, 5) is 13.9. The minimum atomic E-state index is -0.458. The van der Waals surface area contributed by atoms with Crippen LogP contribution < -0.4 is 15.2 Å². The van der Waals surface area contributed by atoms with E-state index < -0.39 is 6.04 Å². The van der Waals surface area contributed by atoms with Gasteiger partial charge < -0.3 is 20.1 Å². The van der Waals surface area contributed by atoms with Crippen molar-refractivity contribution in [2.45, 2.75) is 32.9 Å². The molecule has 1 amide bonds. The van der Waals surface area contributed by atoms with Crippen LogP contribution in [0.4, 0.5) is 0 Å². The molecule has 118 valence electrons. The van der Waals surface area contributed by atoms with Gasteiger partial charge in [-0.25, -0.2) is 0 Å². The number of methoxy groups -OCH3 is 2. The van der Waals surface area contributed by atoms with Gasteiger partial charge in [-0.2, -0.15) is 0 Å². The summed E-state index contributed by atoms with van der Waals surface area (Å²) >= 11 is 0. The molecule has 0 aliphatic rings. The molecule has 2 N–H and O–H groups in total. The predicted octanol–water partition coefficient (Wildman–Crippen LogP) is 2.04. The maximum atomic E-state index is 12.3. The molecule has 1 aromatic carbocycles. The Hall–Kier alpha value is -1.75. The van der Waals surface area contributed by atoms with Crippen molar-refractivity contribution in [3.63, 3.8) is 0 Å². The summed E-state index contributed by atoms with van der Waals surface area (Å²) in [7, 11) is 4.95. The molecule has 21 heavy (non-hydrogen) atoms. The highest BCUT2D eigenvalue weighted by Gasteiger charge is 2.23. The van der Waals surface area contributed by atoms with E-state index in [9.17, 15) is 4.79 Å². The molecule has 0 heterocycles. The Bertz CT molecular complexity index is 477. The van der Waals surface area contributed by atoms with Crippen molar-refractivity contribution in [1.29, 1.82) is 0 Å². The summed E-state index contributed by atoms with van der Waals surface area (Å²) in [5.41, 5.74) is 6.96. The van der Waals surface area contributed by atoms with Crippen LogP contribution >= 0.6 is 0 Å². The smallest absolute Gasteiger partial charge is 0.239 e. The Morgan fingerprint density at radius 2 is 1.90 bits per heavy atom. The van der Waals surface area contributed by atoms with Crippen LogP contribution in [-0.4, -0.2) is 38.1 Å². The van der Waals surface area contributed by atoms with Gasteiger partial charge in [0.05, 0.1) is 20.3 Å². The van der Waals surface area contributed by atoms with Crippen LogP contribution in [0.15, 0.2) is 18.2 Å². The molecular formula is C16H26N2O3. The van der Waals surface area contributed by atoms with E-state index in [0.29, 0.717) is 18.0 Å². The predicted molar refractivity (Wildman–Crippen MR) is 83.5 cm³/mol. The van der Waals surface area contributed by atoms with E-state index in [2.05, 4.69) is 0 Å². The molecule has 1 rings (SSSR count). The lowest BCUT2D eigenvalue weighted by Gasteiger charge is -2.25. The average molecular weight is 294 g/mol. The zero-order chi connectivity index (χ0) is 16.0. The molecule has 0 spiro atoms. The number of carbonyl (C=O) groups is 1. The maximum absolute atomic E-state index is 12.3. The third-order valence-corrected chi connectivity index (χ3v) is 3.79. The molecule has 0 aliphatic heterocycles. The van der Waals surface area contributed by atoms with E-state index in [1.54, 1.807) is 26.2 Å². The van der Waals surface area contributed by atoms with Gasteiger partial charge in [-0.1, -0.05) is 26.3 Å². The molecule has 2 unspecified atom stereocenters. The van der Waals surface area contributed by atoms with Crippen molar-refractivity contribution < 1.29 is 14.3 Å². The Balaban J connectivity index is 2.78. The minimum absolute atomic E-state index is 0.0425. The quantitative estimate of drug-likeness (QED) is 0.836. The van der Waals surface area contributed by atoms with E-state index in [-0.39, 0.29) is 11.8 Å². The molecule has 0 saturated heterocycles. The van der Waals surface area contributed by atoms with Crippen LogP contribution in [0, 0.1) is 5.92 Å². The summed E-state index contributed by atoms with van der Waals surface area (Å²) < 4.78 is 10.5. The van der Waals surface area contributed by atoms with Crippen molar-refractivity contribution in [2.75, 3.05) is 21.3 Å². The van der Waals surface area contributed by atoms with E-state index in [1.807, 2.05) is 32.0 Å². The van der Waals surface area contributed by atoms with E-state index in [1.165, 1.54) is 0 Å². The van der Waals surface area contributed by atoms with Gasteiger partial charge >= 0.3 is 0 Å². The number of hydrogen-bond donors (Lipinski definition) is 1. The number of amides is 1. The Kier molecular flexibility index (Phi) is 6.49. The van der Waals surface area contributed by atoms with Crippen molar-refractivity contribution in [2.24, 2.45) is 11.7 Å². The normalized spacial score (nSPS) is 13.4. The number of nitrogens with two attached hydrogens (primary N) is 1. The summed E-state index contributed by atoms with van der Waals surface area (Å²) in [5.74, 6) is 1.46. The van der Waals surface area contributed by atoms with Gasteiger partial charge in [0.1, 0.15) is 0 Å². The molecular weight excluding hydrogens is 268 g/mol. The SMILES string of the molecule is CCC(C)C(N)C(=O)N(C)Cc1ccc(OC)c(OC)c1. The zero-order valence-electron chi connectivity index (χ0n) is 13.6. The highest BCUT2D eigenvalue weighted by atomic mass is 16.5. The van der Waals surface area contributed by atoms with Gasteiger partial charge in [-0.15, -0.1) is 0 Å².